The molecule has 0 amide bonds. The number of carbonyl (C=O) groups is 1. The molecule has 0 spiro atoms. The van der Waals surface area contributed by atoms with Crippen LogP contribution >= 0.6 is 11.3 Å². The second-order valence-electron chi connectivity index (χ2n) is 5.52. The molecule has 1 aromatic carbocycles. The van der Waals surface area contributed by atoms with Crippen molar-refractivity contribution < 1.29 is 36.9 Å². The fraction of sp³-hybridized carbons (Fsp3) is 0.412. The summed E-state index contributed by atoms with van der Waals surface area (Å²) in [6, 6.07) is 1.74. The van der Waals surface area contributed by atoms with Gasteiger partial charge in [-0.1, -0.05) is 6.92 Å². The molecule has 5 nitrogen and oxygen atoms in total. The maximum atomic E-state index is 14.6. The van der Waals surface area contributed by atoms with Gasteiger partial charge in [0.05, 0.1) is 19.4 Å². The number of aliphatic hydroxyl groups is 1. The van der Waals surface area contributed by atoms with E-state index in [1.165, 1.54) is 0 Å². The third-order valence-corrected chi connectivity index (χ3v) is 4.99. The molecule has 2 aromatic rings. The molecule has 10 heteroatoms. The average Bonchev–Trinajstić information content (AvgIpc) is 3.04. The number of aliphatic hydroxyl groups excluding tert-OH is 1. The number of carbonyl (C=O) groups excluding carboxylic acids is 1. The standard InChI is InChI=1S/C17H17F4NO4S/c1-4-14-12(7-23)22-15(27-14)9-6-13(26-8(2)17(19,20)21)10(5-11(9)18)16(24)25-3/h5-6,8,23H,4,7H2,1-3H3/t8-/m0/s1. The van der Waals surface area contributed by atoms with Gasteiger partial charge in [-0.3, -0.25) is 0 Å². The number of ether oxygens (including phenoxy) is 2. The van der Waals surface area contributed by atoms with E-state index >= 15 is 0 Å². The summed E-state index contributed by atoms with van der Waals surface area (Å²) in [6.07, 6.45) is -6.36. The van der Waals surface area contributed by atoms with Gasteiger partial charge < -0.3 is 14.6 Å². The molecule has 0 unspecified atom stereocenters. The van der Waals surface area contributed by atoms with Crippen LogP contribution in [0.2, 0.25) is 0 Å². The quantitative estimate of drug-likeness (QED) is 0.576. The molecule has 27 heavy (non-hydrogen) atoms. The molecule has 0 radical (unpaired) electrons. The summed E-state index contributed by atoms with van der Waals surface area (Å²) in [4.78, 5) is 16.7. The fourth-order valence-corrected chi connectivity index (χ4v) is 3.27. The highest BCUT2D eigenvalue weighted by molar-refractivity contribution is 7.15. The minimum Gasteiger partial charge on any atom is -0.480 e. The second-order valence-corrected chi connectivity index (χ2v) is 6.61. The number of benzene rings is 1. The number of hydrogen-bond acceptors (Lipinski definition) is 6. The third-order valence-electron chi connectivity index (χ3n) is 3.72. The number of thiazole rings is 1. The van der Waals surface area contributed by atoms with E-state index in [2.05, 4.69) is 9.72 Å². The number of aryl methyl sites for hydroxylation is 1. The zero-order chi connectivity index (χ0) is 20.4. The smallest absolute Gasteiger partial charge is 0.425 e. The van der Waals surface area contributed by atoms with Crippen molar-refractivity contribution in [1.82, 2.24) is 4.98 Å². The summed E-state index contributed by atoms with van der Waals surface area (Å²) in [5, 5.41) is 9.49. The van der Waals surface area contributed by atoms with Crippen molar-refractivity contribution in [2.75, 3.05) is 7.11 Å². The van der Waals surface area contributed by atoms with Crippen LogP contribution in [0.1, 0.15) is 34.8 Å². The van der Waals surface area contributed by atoms with E-state index in [0.29, 0.717) is 12.1 Å². The van der Waals surface area contributed by atoms with Gasteiger partial charge in [0.25, 0.3) is 0 Å². The Hall–Kier alpha value is -2.20. The maximum Gasteiger partial charge on any atom is 0.425 e. The van der Waals surface area contributed by atoms with E-state index < -0.39 is 35.4 Å². The Kier molecular flexibility index (Phi) is 6.42. The van der Waals surface area contributed by atoms with Crippen molar-refractivity contribution >= 4 is 17.3 Å². The number of hydrogen-bond donors (Lipinski definition) is 1. The molecule has 1 heterocycles. The third kappa shape index (κ3) is 4.56. The lowest BCUT2D eigenvalue weighted by Crippen LogP contribution is -2.31. The SMILES string of the molecule is CCc1sc(-c2cc(O[C@@H](C)C(F)(F)F)c(C(=O)OC)cc2F)nc1CO. The minimum atomic E-state index is -4.68. The van der Waals surface area contributed by atoms with Gasteiger partial charge in [0.2, 0.25) is 0 Å². The molecule has 1 atom stereocenters. The molecule has 0 bridgehead atoms. The van der Waals surface area contributed by atoms with Crippen LogP contribution in [0.4, 0.5) is 17.6 Å². The molecule has 148 valence electrons. The van der Waals surface area contributed by atoms with Crippen molar-refractivity contribution in [3.8, 4) is 16.3 Å². The molecule has 0 saturated heterocycles. The van der Waals surface area contributed by atoms with Gasteiger partial charge in [-0.15, -0.1) is 11.3 Å². The van der Waals surface area contributed by atoms with Gasteiger partial charge in [-0.05, 0) is 25.5 Å². The molecule has 0 aliphatic rings. The summed E-state index contributed by atoms with van der Waals surface area (Å²) in [5.41, 5.74) is -0.240. The highest BCUT2D eigenvalue weighted by atomic mass is 32.1. The largest absolute Gasteiger partial charge is 0.480 e. The summed E-state index contributed by atoms with van der Waals surface area (Å²) < 4.78 is 62.5. The van der Waals surface area contributed by atoms with Gasteiger partial charge in [0.15, 0.2) is 6.10 Å². The number of rotatable bonds is 6. The number of esters is 1. The Morgan fingerprint density at radius 2 is 2.04 bits per heavy atom. The van der Waals surface area contributed by atoms with Crippen LogP contribution in [-0.2, 0) is 17.8 Å². The van der Waals surface area contributed by atoms with E-state index in [-0.39, 0.29) is 17.2 Å². The predicted octanol–water partition coefficient (Wildman–Crippen LogP) is 4.12. The van der Waals surface area contributed by atoms with Crippen LogP contribution < -0.4 is 4.74 Å². The van der Waals surface area contributed by atoms with Gasteiger partial charge in [-0.2, -0.15) is 13.2 Å². The molecule has 0 fully saturated rings. The molecule has 0 saturated carbocycles. The lowest BCUT2D eigenvalue weighted by atomic mass is 10.1. The Balaban J connectivity index is 2.58. The summed E-state index contributed by atoms with van der Waals surface area (Å²) in [7, 11) is 1.02. The van der Waals surface area contributed by atoms with E-state index in [0.717, 1.165) is 42.4 Å². The van der Waals surface area contributed by atoms with Crippen molar-refractivity contribution in [3.63, 3.8) is 0 Å². The van der Waals surface area contributed by atoms with Gasteiger partial charge in [-0.25, -0.2) is 14.2 Å². The van der Waals surface area contributed by atoms with E-state index in [1.54, 1.807) is 0 Å². The van der Waals surface area contributed by atoms with Crippen molar-refractivity contribution in [2.24, 2.45) is 0 Å². The Bertz CT molecular complexity index is 814. The summed E-state index contributed by atoms with van der Waals surface area (Å²) >= 11 is 1.10. The number of alkyl halides is 3. The summed E-state index contributed by atoms with van der Waals surface area (Å²) in [5.74, 6) is -2.38. The maximum absolute atomic E-state index is 14.6. The van der Waals surface area contributed by atoms with Crippen LogP contribution in [0.3, 0.4) is 0 Å². The average molecular weight is 407 g/mol. The molecular formula is C17H17F4NO4S. The highest BCUT2D eigenvalue weighted by Crippen LogP contribution is 2.36. The highest BCUT2D eigenvalue weighted by Gasteiger charge is 2.39. The van der Waals surface area contributed by atoms with Gasteiger partial charge in [0.1, 0.15) is 22.1 Å². The van der Waals surface area contributed by atoms with Crippen LogP contribution in [0.15, 0.2) is 12.1 Å². The second kappa shape index (κ2) is 8.22. The number of aromatic nitrogens is 1. The van der Waals surface area contributed by atoms with Gasteiger partial charge in [0, 0.05) is 10.4 Å². The number of nitrogens with zero attached hydrogens (tertiary/aromatic N) is 1. The van der Waals surface area contributed by atoms with E-state index in [9.17, 15) is 27.5 Å². The van der Waals surface area contributed by atoms with Crippen molar-refractivity contribution in [2.45, 2.75) is 39.2 Å². The Labute approximate surface area is 156 Å². The first kappa shape index (κ1) is 21.1. The Morgan fingerprint density at radius 3 is 2.52 bits per heavy atom. The zero-order valence-electron chi connectivity index (χ0n) is 14.7. The van der Waals surface area contributed by atoms with E-state index in [1.807, 2.05) is 6.92 Å². The number of halogens is 4. The first-order chi connectivity index (χ1) is 12.6. The van der Waals surface area contributed by atoms with Crippen LogP contribution in [0.5, 0.6) is 5.75 Å². The van der Waals surface area contributed by atoms with Crippen molar-refractivity contribution in [1.29, 1.82) is 0 Å². The lowest BCUT2D eigenvalue weighted by Gasteiger charge is -2.20. The zero-order valence-corrected chi connectivity index (χ0v) is 15.5. The first-order valence-corrected chi connectivity index (χ1v) is 8.69. The van der Waals surface area contributed by atoms with Crippen LogP contribution in [-0.4, -0.2) is 35.4 Å². The van der Waals surface area contributed by atoms with E-state index in [4.69, 9.17) is 4.74 Å². The minimum absolute atomic E-state index is 0.133. The molecule has 0 aliphatic carbocycles. The molecular weight excluding hydrogens is 390 g/mol. The molecule has 1 N–H and O–H groups in total. The topological polar surface area (TPSA) is 68.7 Å². The lowest BCUT2D eigenvalue weighted by molar-refractivity contribution is -0.189. The normalized spacial score (nSPS) is 12.7. The van der Waals surface area contributed by atoms with Crippen molar-refractivity contribution in [3.05, 3.63) is 34.1 Å². The monoisotopic (exact) mass is 407 g/mol. The van der Waals surface area contributed by atoms with Crippen LogP contribution in [0.25, 0.3) is 10.6 Å². The fourth-order valence-electron chi connectivity index (χ4n) is 2.24. The first-order valence-electron chi connectivity index (χ1n) is 7.87. The van der Waals surface area contributed by atoms with Crippen LogP contribution in [0, 0.1) is 5.82 Å². The Morgan fingerprint density at radius 1 is 1.37 bits per heavy atom. The molecule has 0 aliphatic heterocycles. The molecule has 2 rings (SSSR count). The summed E-state index contributed by atoms with van der Waals surface area (Å²) in [6.45, 7) is 2.25. The van der Waals surface area contributed by atoms with Gasteiger partial charge >= 0.3 is 12.1 Å². The molecule has 1 aromatic heterocycles. The number of methoxy groups -OCH3 is 1. The predicted molar refractivity (Wildman–Crippen MR) is 90.3 cm³/mol.